The topological polar surface area (TPSA) is 95.1 Å². The van der Waals surface area contributed by atoms with Crippen LogP contribution in [-0.2, 0) is 29.6 Å². The minimum atomic E-state index is -4.46. The first-order valence-corrected chi connectivity index (χ1v) is 12.5. The van der Waals surface area contributed by atoms with Crippen molar-refractivity contribution in [3.63, 3.8) is 0 Å². The SMILES string of the molecule is O=C(Cc1ccc(-c2cnc(Cc3ccn4c3OCCC4)nc2)cc1F)Nc1cc(C2(C(F)(F)F)CC2)on1. The summed E-state index contributed by atoms with van der Waals surface area (Å²) in [5, 5.41) is 5.89. The van der Waals surface area contributed by atoms with Gasteiger partial charge in [-0.2, -0.15) is 13.2 Å². The van der Waals surface area contributed by atoms with Crippen LogP contribution < -0.4 is 10.1 Å². The van der Waals surface area contributed by atoms with Crippen molar-refractivity contribution in [3.05, 3.63) is 77.5 Å². The van der Waals surface area contributed by atoms with E-state index < -0.39 is 23.3 Å². The molecule has 0 unspecified atom stereocenters. The van der Waals surface area contributed by atoms with Crippen molar-refractivity contribution >= 4 is 11.7 Å². The fourth-order valence-electron chi connectivity index (χ4n) is 4.74. The van der Waals surface area contributed by atoms with Gasteiger partial charge in [0.2, 0.25) is 5.91 Å². The lowest BCUT2D eigenvalue weighted by atomic mass is 10.0. The largest absolute Gasteiger partial charge is 0.479 e. The smallest absolute Gasteiger partial charge is 0.401 e. The highest BCUT2D eigenvalue weighted by molar-refractivity contribution is 5.91. The fourth-order valence-corrected chi connectivity index (χ4v) is 4.74. The number of alkyl halides is 3. The number of carbonyl (C=O) groups excluding carboxylic acids is 1. The molecule has 1 aliphatic heterocycles. The molecule has 8 nitrogen and oxygen atoms in total. The van der Waals surface area contributed by atoms with Crippen LogP contribution in [0.4, 0.5) is 23.4 Å². The molecule has 1 saturated carbocycles. The molecule has 1 aliphatic carbocycles. The lowest BCUT2D eigenvalue weighted by Crippen LogP contribution is -2.28. The molecule has 3 aromatic heterocycles. The second kappa shape index (κ2) is 9.51. The molecule has 202 valence electrons. The number of carbonyl (C=O) groups is 1. The Morgan fingerprint density at radius 1 is 1.08 bits per heavy atom. The second-order valence-corrected chi connectivity index (χ2v) is 9.79. The van der Waals surface area contributed by atoms with Crippen LogP contribution in [-0.4, -0.2) is 38.4 Å². The average Bonchev–Trinajstić information content (AvgIpc) is 3.46. The van der Waals surface area contributed by atoms with E-state index in [0.717, 1.165) is 30.5 Å². The van der Waals surface area contributed by atoms with Crippen LogP contribution in [0.2, 0.25) is 0 Å². The summed E-state index contributed by atoms with van der Waals surface area (Å²) in [6.45, 7) is 1.60. The lowest BCUT2D eigenvalue weighted by Gasteiger charge is -2.17. The van der Waals surface area contributed by atoms with Crippen LogP contribution in [0.1, 0.15) is 42.0 Å². The Labute approximate surface area is 220 Å². The molecule has 6 rings (SSSR count). The summed E-state index contributed by atoms with van der Waals surface area (Å²) in [4.78, 5) is 21.2. The summed E-state index contributed by atoms with van der Waals surface area (Å²) >= 11 is 0. The van der Waals surface area contributed by atoms with Crippen LogP contribution in [0.15, 0.2) is 53.4 Å². The lowest BCUT2D eigenvalue weighted by molar-refractivity contribution is -0.165. The molecule has 0 saturated heterocycles. The van der Waals surface area contributed by atoms with E-state index in [2.05, 4.69) is 25.0 Å². The molecular formula is C27H23F4N5O3. The van der Waals surface area contributed by atoms with Gasteiger partial charge >= 0.3 is 6.18 Å². The predicted molar refractivity (Wildman–Crippen MR) is 131 cm³/mol. The normalized spacial score (nSPS) is 15.9. The molecule has 1 aromatic carbocycles. The Balaban J connectivity index is 1.09. The number of nitrogens with zero attached hydrogens (tertiary/aromatic N) is 4. The Kier molecular flexibility index (Phi) is 6.12. The summed E-state index contributed by atoms with van der Waals surface area (Å²) < 4.78 is 67.3. The van der Waals surface area contributed by atoms with Crippen molar-refractivity contribution in [1.29, 1.82) is 0 Å². The number of nitrogens with one attached hydrogen (secondary N) is 1. The number of hydrogen-bond acceptors (Lipinski definition) is 6. The third-order valence-corrected chi connectivity index (χ3v) is 7.11. The van der Waals surface area contributed by atoms with E-state index in [1.165, 1.54) is 12.1 Å². The third-order valence-electron chi connectivity index (χ3n) is 7.11. The number of hydrogen-bond donors (Lipinski definition) is 1. The Bertz CT molecular complexity index is 1520. The van der Waals surface area contributed by atoms with Crippen LogP contribution >= 0.6 is 0 Å². The first kappa shape index (κ1) is 25.1. The number of fused-ring (bicyclic) bond motifs is 1. The number of rotatable bonds is 7. The van der Waals surface area contributed by atoms with E-state index in [1.54, 1.807) is 18.5 Å². The van der Waals surface area contributed by atoms with Gasteiger partial charge in [0.15, 0.2) is 17.5 Å². The first-order chi connectivity index (χ1) is 18.7. The van der Waals surface area contributed by atoms with Gasteiger partial charge in [-0.3, -0.25) is 4.79 Å². The number of benzene rings is 1. The molecule has 1 fully saturated rings. The average molecular weight is 542 g/mol. The van der Waals surface area contributed by atoms with Gasteiger partial charge in [-0.05, 0) is 42.5 Å². The van der Waals surface area contributed by atoms with E-state index in [-0.39, 0.29) is 36.4 Å². The summed E-state index contributed by atoms with van der Waals surface area (Å²) in [6, 6.07) is 7.47. The minimum Gasteiger partial charge on any atom is -0.479 e. The van der Waals surface area contributed by atoms with Crippen molar-refractivity contribution in [1.82, 2.24) is 19.7 Å². The second-order valence-electron chi connectivity index (χ2n) is 9.79. The van der Waals surface area contributed by atoms with E-state index in [1.807, 2.05) is 12.3 Å². The van der Waals surface area contributed by atoms with Crippen molar-refractivity contribution < 1.29 is 31.6 Å². The Morgan fingerprint density at radius 3 is 2.59 bits per heavy atom. The molecule has 2 aliphatic rings. The van der Waals surface area contributed by atoms with Crippen LogP contribution in [0.3, 0.4) is 0 Å². The van der Waals surface area contributed by atoms with E-state index in [0.29, 0.717) is 30.0 Å². The molecule has 4 heterocycles. The van der Waals surface area contributed by atoms with Gasteiger partial charge in [0.25, 0.3) is 0 Å². The molecule has 1 amide bonds. The van der Waals surface area contributed by atoms with Gasteiger partial charge in [-0.1, -0.05) is 17.3 Å². The van der Waals surface area contributed by atoms with Crippen LogP contribution in [0.5, 0.6) is 5.88 Å². The summed E-state index contributed by atoms with van der Waals surface area (Å²) in [6.07, 6.45) is 1.73. The number of amides is 1. The van der Waals surface area contributed by atoms with E-state index in [4.69, 9.17) is 9.26 Å². The zero-order valence-electron chi connectivity index (χ0n) is 20.6. The molecule has 4 aromatic rings. The molecule has 0 bridgehead atoms. The molecule has 1 N–H and O–H groups in total. The van der Waals surface area contributed by atoms with Gasteiger partial charge in [0, 0.05) is 48.7 Å². The van der Waals surface area contributed by atoms with Crippen LogP contribution in [0, 0.1) is 5.82 Å². The zero-order valence-corrected chi connectivity index (χ0v) is 20.6. The summed E-state index contributed by atoms with van der Waals surface area (Å²) in [5.74, 6) is -0.285. The van der Waals surface area contributed by atoms with Crippen molar-refractivity contribution in [2.24, 2.45) is 0 Å². The number of ether oxygens (including phenoxy) is 1. The highest BCUT2D eigenvalue weighted by Crippen LogP contribution is 2.59. The van der Waals surface area contributed by atoms with Gasteiger partial charge in [-0.25, -0.2) is 14.4 Å². The molecule has 0 atom stereocenters. The summed E-state index contributed by atoms with van der Waals surface area (Å²) in [7, 11) is 0. The maximum absolute atomic E-state index is 14.8. The van der Waals surface area contributed by atoms with E-state index >= 15 is 0 Å². The minimum absolute atomic E-state index is 0.0888. The standard InChI is InChI=1S/C27H23F4N5O3/c28-20-10-16(19-14-32-22(33-15-19)11-18-4-8-36-7-1-9-38-25(18)36)2-3-17(20)12-24(37)34-23-13-21(39-35-23)26(5-6-26)27(29,30)31/h2-4,8,10,13-15H,1,5-7,9,11-12H2,(H,34,35,37). The fraction of sp³-hybridized carbons (Fsp3) is 0.333. The van der Waals surface area contributed by atoms with E-state index in [9.17, 15) is 22.4 Å². The maximum atomic E-state index is 14.8. The van der Waals surface area contributed by atoms with Crippen molar-refractivity contribution in [2.45, 2.75) is 50.2 Å². The quantitative estimate of drug-likeness (QED) is 0.323. The summed E-state index contributed by atoms with van der Waals surface area (Å²) in [5.41, 5.74) is 0.229. The predicted octanol–water partition coefficient (Wildman–Crippen LogP) is 5.22. The molecule has 0 radical (unpaired) electrons. The number of aromatic nitrogens is 4. The van der Waals surface area contributed by atoms with Gasteiger partial charge < -0.3 is 19.1 Å². The number of aryl methyl sites for hydroxylation is 1. The highest BCUT2D eigenvalue weighted by atomic mass is 19.4. The number of halogens is 4. The Morgan fingerprint density at radius 2 is 1.87 bits per heavy atom. The van der Waals surface area contributed by atoms with Gasteiger partial charge in [0.1, 0.15) is 17.1 Å². The first-order valence-electron chi connectivity index (χ1n) is 12.5. The monoisotopic (exact) mass is 541 g/mol. The molecule has 39 heavy (non-hydrogen) atoms. The highest BCUT2D eigenvalue weighted by Gasteiger charge is 2.66. The van der Waals surface area contributed by atoms with Crippen LogP contribution in [0.25, 0.3) is 11.1 Å². The Hall–Kier alpha value is -4.22. The molecule has 12 heteroatoms. The number of anilines is 1. The molecular weight excluding hydrogens is 518 g/mol. The molecule has 0 spiro atoms. The maximum Gasteiger partial charge on any atom is 0.401 e. The van der Waals surface area contributed by atoms with Gasteiger partial charge in [0.05, 0.1) is 13.0 Å². The zero-order chi connectivity index (χ0) is 27.2. The van der Waals surface area contributed by atoms with Crippen molar-refractivity contribution in [2.75, 3.05) is 11.9 Å². The van der Waals surface area contributed by atoms with Gasteiger partial charge in [-0.15, -0.1) is 0 Å². The van der Waals surface area contributed by atoms with Crippen molar-refractivity contribution in [3.8, 4) is 17.0 Å². The third kappa shape index (κ3) is 4.86.